The number of hydrogen-bond donors (Lipinski definition) is 0. The summed E-state index contributed by atoms with van der Waals surface area (Å²) in [4.78, 5) is 0. The minimum Gasteiger partial charge on any atom is -0.222 e. The highest BCUT2D eigenvalue weighted by molar-refractivity contribution is 9.11. The molecular formula is C12H6Br4O3P+. The molecule has 0 saturated heterocycles. The van der Waals surface area contributed by atoms with Gasteiger partial charge in [-0.25, -0.2) is 9.05 Å². The smallest absolute Gasteiger partial charge is 0.222 e. The first-order chi connectivity index (χ1) is 9.42. The van der Waals surface area contributed by atoms with Gasteiger partial charge in [0.25, 0.3) is 0 Å². The minimum atomic E-state index is -2.32. The van der Waals surface area contributed by atoms with Gasteiger partial charge in [0.05, 0.1) is 0 Å². The van der Waals surface area contributed by atoms with Crippen LogP contribution < -0.4 is 9.05 Å². The molecule has 0 bridgehead atoms. The van der Waals surface area contributed by atoms with E-state index in [4.69, 9.17) is 9.05 Å². The highest BCUT2D eigenvalue weighted by Gasteiger charge is 2.25. The van der Waals surface area contributed by atoms with Gasteiger partial charge in [-0.2, -0.15) is 0 Å². The highest BCUT2D eigenvalue weighted by atomic mass is 79.9. The maximum absolute atomic E-state index is 11.9. The van der Waals surface area contributed by atoms with Gasteiger partial charge in [0.2, 0.25) is 0 Å². The predicted molar refractivity (Wildman–Crippen MR) is 92.5 cm³/mol. The maximum Gasteiger partial charge on any atom is 0.805 e. The average Bonchev–Trinajstić information content (AvgIpc) is 2.24. The molecule has 0 aliphatic rings. The molecule has 0 heterocycles. The molecule has 20 heavy (non-hydrogen) atoms. The first-order valence-electron chi connectivity index (χ1n) is 5.18. The second-order valence-corrected chi connectivity index (χ2v) is 8.09. The van der Waals surface area contributed by atoms with E-state index in [9.17, 15) is 4.57 Å². The van der Waals surface area contributed by atoms with Crippen LogP contribution in [0.5, 0.6) is 11.5 Å². The largest absolute Gasteiger partial charge is 0.805 e. The van der Waals surface area contributed by atoms with E-state index >= 15 is 0 Å². The summed E-state index contributed by atoms with van der Waals surface area (Å²) in [7, 11) is -2.32. The summed E-state index contributed by atoms with van der Waals surface area (Å²) in [6.07, 6.45) is 0. The first-order valence-corrected chi connectivity index (χ1v) is 9.44. The van der Waals surface area contributed by atoms with E-state index < -0.39 is 8.25 Å². The highest BCUT2D eigenvalue weighted by Crippen LogP contribution is 2.35. The lowest BCUT2D eigenvalue weighted by Crippen LogP contribution is -1.89. The Labute approximate surface area is 150 Å². The third-order valence-electron chi connectivity index (χ3n) is 2.03. The molecule has 0 unspecified atom stereocenters. The fourth-order valence-corrected chi connectivity index (χ4v) is 4.45. The van der Waals surface area contributed by atoms with Crippen LogP contribution in [0.1, 0.15) is 0 Å². The summed E-state index contributed by atoms with van der Waals surface area (Å²) in [5, 5.41) is 0. The van der Waals surface area contributed by atoms with Crippen LogP contribution in [0.15, 0.2) is 54.3 Å². The molecule has 2 aromatic rings. The third-order valence-corrected chi connectivity index (χ3v) is 4.58. The van der Waals surface area contributed by atoms with Gasteiger partial charge >= 0.3 is 8.25 Å². The van der Waals surface area contributed by atoms with E-state index in [1.54, 1.807) is 24.3 Å². The standard InChI is InChI=1S/C12H6Br4O3P/c13-7-1-8(14)4-11(3-7)18-20(17)19-12-5-9(15)2-10(16)6-12/h1-6H/q+1. The van der Waals surface area contributed by atoms with Gasteiger partial charge in [-0.3, -0.25) is 0 Å². The predicted octanol–water partition coefficient (Wildman–Crippen LogP) is 6.85. The van der Waals surface area contributed by atoms with Crippen LogP contribution in [0.4, 0.5) is 0 Å². The third kappa shape index (κ3) is 5.11. The molecular weight excluding hydrogens is 543 g/mol. The topological polar surface area (TPSA) is 35.5 Å². The van der Waals surface area contributed by atoms with Crippen molar-refractivity contribution in [3.63, 3.8) is 0 Å². The molecule has 0 spiro atoms. The molecule has 0 aliphatic carbocycles. The van der Waals surface area contributed by atoms with Crippen LogP contribution in [-0.4, -0.2) is 0 Å². The molecule has 0 fully saturated rings. The summed E-state index contributed by atoms with van der Waals surface area (Å²) in [6, 6.07) is 10.5. The van der Waals surface area contributed by atoms with E-state index in [0.717, 1.165) is 17.9 Å². The summed E-state index contributed by atoms with van der Waals surface area (Å²) >= 11 is 13.3. The van der Waals surface area contributed by atoms with Crippen molar-refractivity contribution in [2.24, 2.45) is 0 Å². The molecule has 0 amide bonds. The molecule has 0 saturated carbocycles. The zero-order chi connectivity index (χ0) is 14.7. The molecule has 0 aromatic heterocycles. The number of benzene rings is 2. The van der Waals surface area contributed by atoms with Gasteiger partial charge in [0, 0.05) is 46.7 Å². The lowest BCUT2D eigenvalue weighted by molar-refractivity contribution is 0.415. The zero-order valence-electron chi connectivity index (χ0n) is 9.65. The second kappa shape index (κ2) is 7.36. The van der Waals surface area contributed by atoms with E-state index in [1.165, 1.54) is 0 Å². The van der Waals surface area contributed by atoms with Gasteiger partial charge in [-0.1, -0.05) is 63.7 Å². The molecule has 0 atom stereocenters. The number of halogens is 4. The Kier molecular flexibility index (Phi) is 6.05. The summed E-state index contributed by atoms with van der Waals surface area (Å²) in [5.41, 5.74) is 0. The van der Waals surface area contributed by atoms with E-state index in [1.807, 2.05) is 12.1 Å². The van der Waals surface area contributed by atoms with Crippen molar-refractivity contribution in [1.29, 1.82) is 0 Å². The minimum absolute atomic E-state index is 0.446. The van der Waals surface area contributed by atoms with Crippen molar-refractivity contribution >= 4 is 72.0 Å². The molecule has 3 nitrogen and oxygen atoms in total. The summed E-state index contributed by atoms with van der Waals surface area (Å²) in [6.45, 7) is 0. The van der Waals surface area contributed by atoms with Crippen molar-refractivity contribution in [1.82, 2.24) is 0 Å². The van der Waals surface area contributed by atoms with Crippen LogP contribution in [0.3, 0.4) is 0 Å². The summed E-state index contributed by atoms with van der Waals surface area (Å²) in [5.74, 6) is 0.892. The molecule has 8 heteroatoms. The van der Waals surface area contributed by atoms with Gasteiger partial charge in [0.15, 0.2) is 11.5 Å². The SMILES string of the molecule is O=[P+](Oc1cc(Br)cc(Br)c1)Oc1cc(Br)cc(Br)c1. The van der Waals surface area contributed by atoms with Crippen LogP contribution in [0.25, 0.3) is 0 Å². The Balaban J connectivity index is 2.08. The number of rotatable bonds is 4. The Hall–Kier alpha value is 0.0600. The van der Waals surface area contributed by atoms with E-state index in [2.05, 4.69) is 63.7 Å². The second-order valence-electron chi connectivity index (χ2n) is 3.62. The zero-order valence-corrected chi connectivity index (χ0v) is 16.9. The van der Waals surface area contributed by atoms with Gasteiger partial charge in [-0.15, -0.1) is 0 Å². The Morgan fingerprint density at radius 3 is 1.25 bits per heavy atom. The molecule has 104 valence electrons. The Morgan fingerprint density at radius 2 is 0.950 bits per heavy atom. The summed E-state index contributed by atoms with van der Waals surface area (Å²) < 4.78 is 25.6. The fourth-order valence-electron chi connectivity index (χ4n) is 1.35. The Morgan fingerprint density at radius 1 is 0.650 bits per heavy atom. The first kappa shape index (κ1) is 16.4. The van der Waals surface area contributed by atoms with Gasteiger partial charge in [0.1, 0.15) is 0 Å². The van der Waals surface area contributed by atoms with Crippen LogP contribution >= 0.6 is 72.0 Å². The van der Waals surface area contributed by atoms with Crippen molar-refractivity contribution < 1.29 is 13.6 Å². The van der Waals surface area contributed by atoms with Crippen LogP contribution in [0, 0.1) is 0 Å². The molecule has 0 radical (unpaired) electrons. The molecule has 2 rings (SSSR count). The van der Waals surface area contributed by atoms with Crippen molar-refractivity contribution in [2.75, 3.05) is 0 Å². The van der Waals surface area contributed by atoms with E-state index in [-0.39, 0.29) is 0 Å². The average molecular weight is 549 g/mol. The van der Waals surface area contributed by atoms with Crippen LogP contribution in [-0.2, 0) is 4.57 Å². The quantitative estimate of drug-likeness (QED) is 0.392. The monoisotopic (exact) mass is 545 g/mol. The molecule has 0 aliphatic heterocycles. The van der Waals surface area contributed by atoms with Crippen molar-refractivity contribution in [3.05, 3.63) is 54.3 Å². The maximum atomic E-state index is 11.9. The lowest BCUT2D eigenvalue weighted by atomic mass is 10.3. The normalized spacial score (nSPS) is 10.2. The number of hydrogen-bond acceptors (Lipinski definition) is 3. The molecule has 2 aromatic carbocycles. The fraction of sp³-hybridized carbons (Fsp3) is 0. The Bertz CT molecular complexity index is 567. The van der Waals surface area contributed by atoms with Crippen molar-refractivity contribution in [3.8, 4) is 11.5 Å². The lowest BCUT2D eigenvalue weighted by Gasteiger charge is -1.98. The molecule has 0 N–H and O–H groups in total. The van der Waals surface area contributed by atoms with E-state index in [0.29, 0.717) is 11.5 Å². The van der Waals surface area contributed by atoms with Crippen LogP contribution in [0.2, 0.25) is 0 Å². The van der Waals surface area contributed by atoms with Gasteiger partial charge in [-0.05, 0) is 12.1 Å². The van der Waals surface area contributed by atoms with Crippen molar-refractivity contribution in [2.45, 2.75) is 0 Å². The van der Waals surface area contributed by atoms with Gasteiger partial charge < -0.3 is 0 Å².